The van der Waals surface area contributed by atoms with Crippen LogP contribution in [0.2, 0.25) is 0 Å². The van der Waals surface area contributed by atoms with Crippen LogP contribution >= 0.6 is 31.9 Å². The zero-order valence-electron chi connectivity index (χ0n) is 8.58. The maximum Gasteiger partial charge on any atom is 0.330 e. The molecule has 0 fully saturated rings. The van der Waals surface area contributed by atoms with Gasteiger partial charge in [0.15, 0.2) is 0 Å². The highest BCUT2D eigenvalue weighted by Crippen LogP contribution is 2.32. The summed E-state index contributed by atoms with van der Waals surface area (Å²) < 4.78 is 17.2. The Morgan fingerprint density at radius 3 is 2.07 bits per heavy atom. The molecule has 1 aromatic heterocycles. The van der Waals surface area contributed by atoms with Gasteiger partial charge in [-0.2, -0.15) is 0 Å². The van der Waals surface area contributed by atoms with Crippen molar-refractivity contribution < 1.29 is 14.2 Å². The first kappa shape index (κ1) is 13.1. The molecule has 0 aromatic carbocycles. The highest BCUT2D eigenvalue weighted by atomic mass is 79.9. The van der Waals surface area contributed by atoms with Gasteiger partial charge in [-0.25, -0.2) is 0 Å². The van der Waals surface area contributed by atoms with Crippen LogP contribution in [0, 0.1) is 0 Å². The van der Waals surface area contributed by atoms with Crippen LogP contribution in [0.25, 0.3) is 0 Å². The van der Waals surface area contributed by atoms with E-state index in [0.717, 1.165) is 8.95 Å². The Bertz CT molecular complexity index is 334. The number of hydrogen-bond donors (Lipinski definition) is 0. The normalized spacial score (nSPS) is 11.8. The van der Waals surface area contributed by atoms with E-state index in [1.807, 2.05) is 6.07 Å². The second kappa shape index (κ2) is 5.36. The van der Waals surface area contributed by atoms with Gasteiger partial charge in [-0.05, 0) is 37.9 Å². The third-order valence-electron chi connectivity index (χ3n) is 1.90. The van der Waals surface area contributed by atoms with Gasteiger partial charge >= 0.3 is 5.97 Å². The quantitative estimate of drug-likeness (QED) is 0.790. The van der Waals surface area contributed by atoms with Crippen LogP contribution in [0.3, 0.4) is 0 Å². The van der Waals surface area contributed by atoms with Gasteiger partial charge in [0.1, 0.15) is 5.69 Å². The van der Waals surface area contributed by atoms with Gasteiger partial charge in [0.25, 0.3) is 0 Å². The van der Waals surface area contributed by atoms with E-state index in [9.17, 15) is 0 Å². The molecular weight excluding hydrogens is 330 g/mol. The van der Waals surface area contributed by atoms with E-state index in [1.165, 1.54) is 21.3 Å². The van der Waals surface area contributed by atoms with Crippen molar-refractivity contribution in [2.75, 3.05) is 21.3 Å². The van der Waals surface area contributed by atoms with E-state index in [0.29, 0.717) is 5.69 Å². The molecule has 0 atom stereocenters. The van der Waals surface area contributed by atoms with Crippen LogP contribution < -0.4 is 0 Å². The summed E-state index contributed by atoms with van der Waals surface area (Å²) in [5.41, 5.74) is 0.526. The molecule has 0 aliphatic carbocycles. The first-order valence-electron chi connectivity index (χ1n) is 4.06. The predicted molar refractivity (Wildman–Crippen MR) is 62.3 cm³/mol. The molecule has 0 saturated heterocycles. The first-order valence-corrected chi connectivity index (χ1v) is 5.65. The van der Waals surface area contributed by atoms with Gasteiger partial charge in [-0.3, -0.25) is 4.98 Å². The molecule has 84 valence electrons. The Morgan fingerprint density at radius 2 is 1.67 bits per heavy atom. The minimum Gasteiger partial charge on any atom is -0.326 e. The van der Waals surface area contributed by atoms with Gasteiger partial charge in [0.05, 0.1) is 0 Å². The van der Waals surface area contributed by atoms with E-state index < -0.39 is 5.97 Å². The number of halogens is 2. The number of rotatable bonds is 4. The predicted octanol–water partition coefficient (Wildman–Crippen LogP) is 2.66. The number of nitrogens with zero attached hydrogens (tertiary/aromatic N) is 1. The molecule has 1 rings (SSSR count). The van der Waals surface area contributed by atoms with Crippen molar-refractivity contribution in [3.8, 4) is 0 Å². The molecule has 1 aromatic rings. The lowest BCUT2D eigenvalue weighted by Crippen LogP contribution is -2.34. The highest BCUT2D eigenvalue weighted by Gasteiger charge is 2.36. The fourth-order valence-electron chi connectivity index (χ4n) is 1.18. The topological polar surface area (TPSA) is 40.6 Å². The van der Waals surface area contributed by atoms with Gasteiger partial charge in [0.2, 0.25) is 0 Å². The summed E-state index contributed by atoms with van der Waals surface area (Å²) in [6.45, 7) is 0. The minimum atomic E-state index is -1.28. The van der Waals surface area contributed by atoms with Crippen molar-refractivity contribution in [1.82, 2.24) is 4.98 Å². The second-order valence-electron chi connectivity index (χ2n) is 2.65. The number of hydrogen-bond acceptors (Lipinski definition) is 4. The Balaban J connectivity index is 3.22. The first-order chi connectivity index (χ1) is 7.09. The van der Waals surface area contributed by atoms with E-state index in [1.54, 1.807) is 6.20 Å². The monoisotopic (exact) mass is 339 g/mol. The van der Waals surface area contributed by atoms with Gasteiger partial charge in [-0.1, -0.05) is 0 Å². The van der Waals surface area contributed by atoms with Crippen LogP contribution in [-0.2, 0) is 20.2 Å². The molecule has 0 bridgehead atoms. The number of aromatic nitrogens is 1. The fraction of sp³-hybridized carbons (Fsp3) is 0.444. The SMILES string of the molecule is COC(OC)(OC)c1ncc(Br)cc1Br. The molecule has 0 spiro atoms. The summed E-state index contributed by atoms with van der Waals surface area (Å²) in [6, 6.07) is 1.84. The Labute approximate surface area is 105 Å². The molecule has 6 heteroatoms. The van der Waals surface area contributed by atoms with Crippen molar-refractivity contribution in [3.63, 3.8) is 0 Å². The van der Waals surface area contributed by atoms with Crippen LogP contribution in [0.15, 0.2) is 21.2 Å². The van der Waals surface area contributed by atoms with Crippen molar-refractivity contribution in [1.29, 1.82) is 0 Å². The van der Waals surface area contributed by atoms with E-state index in [2.05, 4.69) is 36.8 Å². The zero-order valence-corrected chi connectivity index (χ0v) is 11.8. The van der Waals surface area contributed by atoms with Gasteiger partial charge in [0, 0.05) is 36.5 Å². The number of ether oxygens (including phenoxy) is 3. The molecule has 0 N–H and O–H groups in total. The van der Waals surface area contributed by atoms with Crippen LogP contribution in [-0.4, -0.2) is 26.3 Å². The third kappa shape index (κ3) is 2.57. The maximum absolute atomic E-state index is 5.19. The van der Waals surface area contributed by atoms with Crippen molar-refractivity contribution in [2.45, 2.75) is 5.97 Å². The molecule has 0 saturated carbocycles. The third-order valence-corrected chi connectivity index (χ3v) is 2.94. The van der Waals surface area contributed by atoms with Crippen molar-refractivity contribution in [2.24, 2.45) is 0 Å². The smallest absolute Gasteiger partial charge is 0.326 e. The van der Waals surface area contributed by atoms with Gasteiger partial charge < -0.3 is 14.2 Å². The lowest BCUT2D eigenvalue weighted by molar-refractivity contribution is -0.367. The van der Waals surface area contributed by atoms with Crippen LogP contribution in [0.5, 0.6) is 0 Å². The van der Waals surface area contributed by atoms with Crippen LogP contribution in [0.4, 0.5) is 0 Å². The Hall–Kier alpha value is -0.0100. The lowest BCUT2D eigenvalue weighted by Gasteiger charge is -2.28. The lowest BCUT2D eigenvalue weighted by atomic mass is 10.3. The van der Waals surface area contributed by atoms with E-state index >= 15 is 0 Å². The number of methoxy groups -OCH3 is 3. The highest BCUT2D eigenvalue weighted by molar-refractivity contribution is 9.11. The second-order valence-corrected chi connectivity index (χ2v) is 4.42. The summed E-state index contributed by atoms with van der Waals surface area (Å²) in [7, 11) is 4.47. The molecular formula is C9H11Br2NO3. The fourth-order valence-corrected chi connectivity index (χ4v) is 2.41. The summed E-state index contributed by atoms with van der Waals surface area (Å²) in [6.07, 6.45) is 1.64. The summed E-state index contributed by atoms with van der Waals surface area (Å²) in [4.78, 5) is 4.19. The average molecular weight is 341 g/mol. The zero-order chi connectivity index (χ0) is 11.5. The van der Waals surface area contributed by atoms with Gasteiger partial charge in [-0.15, -0.1) is 0 Å². The number of pyridine rings is 1. The molecule has 0 aliphatic rings. The largest absolute Gasteiger partial charge is 0.330 e. The molecule has 15 heavy (non-hydrogen) atoms. The van der Waals surface area contributed by atoms with Crippen LogP contribution in [0.1, 0.15) is 5.69 Å². The summed E-state index contributed by atoms with van der Waals surface area (Å²) in [5.74, 6) is -1.28. The average Bonchev–Trinajstić information content (AvgIpc) is 2.23. The molecule has 1 heterocycles. The molecule has 0 unspecified atom stereocenters. The Kier molecular flexibility index (Phi) is 4.66. The van der Waals surface area contributed by atoms with E-state index in [4.69, 9.17) is 14.2 Å². The summed E-state index contributed by atoms with van der Waals surface area (Å²) >= 11 is 6.69. The molecule has 0 aliphatic heterocycles. The van der Waals surface area contributed by atoms with E-state index in [-0.39, 0.29) is 0 Å². The van der Waals surface area contributed by atoms with Crippen molar-refractivity contribution in [3.05, 3.63) is 26.9 Å². The molecule has 0 radical (unpaired) electrons. The Morgan fingerprint density at radius 1 is 1.13 bits per heavy atom. The minimum absolute atomic E-state index is 0.526. The van der Waals surface area contributed by atoms with Crippen molar-refractivity contribution >= 4 is 31.9 Å². The maximum atomic E-state index is 5.19. The molecule has 4 nitrogen and oxygen atoms in total. The summed E-state index contributed by atoms with van der Waals surface area (Å²) in [5, 5.41) is 0. The standard InChI is InChI=1S/C9H11Br2NO3/c1-13-9(14-2,15-3)8-7(11)4-6(10)5-12-8/h4-5H,1-3H3. The molecule has 0 amide bonds.